The molecule has 3 heteroatoms. The van der Waals surface area contributed by atoms with Crippen LogP contribution in [0.15, 0.2) is 46.0 Å². The van der Waals surface area contributed by atoms with Gasteiger partial charge in [-0.25, -0.2) is 4.98 Å². The fraction of sp³-hybridized carbons (Fsp3) is 0. The Hall–Kier alpha value is -1.61. The third-order valence-corrected chi connectivity index (χ3v) is 2.83. The Morgan fingerprint density at radius 3 is 3.00 bits per heavy atom. The molecular weight excluding hydrogens is 194 g/mol. The molecular formula is C11H7NOS. The smallest absolute Gasteiger partial charge is 0.0980 e. The first-order valence-electron chi connectivity index (χ1n) is 4.28. The van der Waals surface area contributed by atoms with Crippen LogP contribution in [0.3, 0.4) is 0 Å². The number of nitrogens with zero attached hydrogens (tertiary/aromatic N) is 1. The molecule has 0 radical (unpaired) electrons. The van der Waals surface area contributed by atoms with Crippen molar-refractivity contribution in [1.29, 1.82) is 0 Å². The van der Waals surface area contributed by atoms with E-state index in [9.17, 15) is 0 Å². The number of fused-ring (bicyclic) bond motifs is 1. The molecule has 0 saturated carbocycles. The first kappa shape index (κ1) is 7.76. The van der Waals surface area contributed by atoms with Gasteiger partial charge in [0.25, 0.3) is 0 Å². The van der Waals surface area contributed by atoms with Gasteiger partial charge >= 0.3 is 0 Å². The first-order valence-corrected chi connectivity index (χ1v) is 5.23. The van der Waals surface area contributed by atoms with Crippen molar-refractivity contribution in [3.63, 3.8) is 0 Å². The lowest BCUT2D eigenvalue weighted by atomic mass is 10.1. The lowest BCUT2D eigenvalue weighted by molar-refractivity contribution is 0.552. The van der Waals surface area contributed by atoms with Gasteiger partial charge in [-0.2, -0.15) is 0 Å². The zero-order valence-electron chi connectivity index (χ0n) is 7.31. The van der Waals surface area contributed by atoms with Gasteiger partial charge in [-0.3, -0.25) is 0 Å². The molecule has 2 nitrogen and oxygen atoms in total. The normalized spacial score (nSPS) is 10.9. The summed E-state index contributed by atoms with van der Waals surface area (Å²) in [5.74, 6) is 0. The summed E-state index contributed by atoms with van der Waals surface area (Å²) in [5, 5.41) is 2.05. The summed E-state index contributed by atoms with van der Waals surface area (Å²) in [5.41, 5.74) is 6.38. The van der Waals surface area contributed by atoms with Crippen LogP contribution in [0.4, 0.5) is 0 Å². The summed E-state index contributed by atoms with van der Waals surface area (Å²) < 4.78 is 5.10. The molecule has 1 aliphatic carbocycles. The van der Waals surface area contributed by atoms with E-state index in [4.69, 9.17) is 4.42 Å². The van der Waals surface area contributed by atoms with Gasteiger partial charge < -0.3 is 4.42 Å². The monoisotopic (exact) mass is 201 g/mol. The molecule has 0 atom stereocenters. The lowest BCUT2D eigenvalue weighted by Gasteiger charge is -1.99. The maximum absolute atomic E-state index is 5.10. The minimum Gasteiger partial charge on any atom is -0.472 e. The molecule has 2 heterocycles. The second kappa shape index (κ2) is 2.96. The van der Waals surface area contributed by atoms with Gasteiger partial charge in [0.1, 0.15) is 0 Å². The van der Waals surface area contributed by atoms with Crippen molar-refractivity contribution >= 4 is 11.3 Å². The van der Waals surface area contributed by atoms with E-state index < -0.39 is 0 Å². The Bertz CT molecular complexity index is 512. The van der Waals surface area contributed by atoms with Gasteiger partial charge in [-0.05, 0) is 11.6 Å². The molecule has 0 fully saturated rings. The van der Waals surface area contributed by atoms with Crippen LogP contribution in [0.5, 0.6) is 0 Å². The van der Waals surface area contributed by atoms with E-state index >= 15 is 0 Å². The Morgan fingerprint density at radius 1 is 1.14 bits per heavy atom. The highest BCUT2D eigenvalue weighted by atomic mass is 32.1. The van der Waals surface area contributed by atoms with Crippen molar-refractivity contribution in [2.45, 2.75) is 0 Å². The van der Waals surface area contributed by atoms with Crippen molar-refractivity contribution < 1.29 is 4.42 Å². The fourth-order valence-electron chi connectivity index (χ4n) is 1.59. The number of thiazole rings is 1. The van der Waals surface area contributed by atoms with Crippen LogP contribution < -0.4 is 0 Å². The number of hydrogen-bond acceptors (Lipinski definition) is 3. The van der Waals surface area contributed by atoms with E-state index in [1.54, 1.807) is 23.9 Å². The first-order chi connectivity index (χ1) is 6.95. The maximum atomic E-state index is 5.10. The maximum Gasteiger partial charge on any atom is 0.0980 e. The van der Waals surface area contributed by atoms with Gasteiger partial charge in [0, 0.05) is 16.5 Å². The molecule has 0 saturated heterocycles. The van der Waals surface area contributed by atoms with Gasteiger partial charge in [-0.15, -0.1) is 11.3 Å². The summed E-state index contributed by atoms with van der Waals surface area (Å²) in [7, 11) is 0. The van der Waals surface area contributed by atoms with E-state index in [0.717, 1.165) is 11.3 Å². The highest BCUT2D eigenvalue weighted by molar-refractivity contribution is 7.07. The third-order valence-electron chi connectivity index (χ3n) is 2.25. The molecule has 14 heavy (non-hydrogen) atoms. The van der Waals surface area contributed by atoms with Crippen LogP contribution in [0.1, 0.15) is 0 Å². The summed E-state index contributed by atoms with van der Waals surface area (Å²) in [6.07, 6.45) is 3.45. The van der Waals surface area contributed by atoms with Crippen LogP contribution in [0, 0.1) is 0 Å². The highest BCUT2D eigenvalue weighted by Crippen LogP contribution is 2.34. The highest BCUT2D eigenvalue weighted by Gasteiger charge is 2.11. The van der Waals surface area contributed by atoms with E-state index in [1.165, 1.54) is 11.1 Å². The van der Waals surface area contributed by atoms with Crippen LogP contribution in [-0.4, -0.2) is 4.98 Å². The zero-order chi connectivity index (χ0) is 9.38. The van der Waals surface area contributed by atoms with Gasteiger partial charge in [0.15, 0.2) is 0 Å². The van der Waals surface area contributed by atoms with Gasteiger partial charge in [0.2, 0.25) is 0 Å². The Labute approximate surface area is 85.2 Å². The summed E-state index contributed by atoms with van der Waals surface area (Å²) >= 11 is 1.61. The standard InChI is InChI=1S/C11H7NOS/c1-2-10(11-6-14-7-12-11)9-3-4-13-5-8(1)9/h1-7H. The van der Waals surface area contributed by atoms with E-state index in [2.05, 4.69) is 16.4 Å². The van der Waals surface area contributed by atoms with Crippen LogP contribution in [0.2, 0.25) is 0 Å². The van der Waals surface area contributed by atoms with E-state index in [1.807, 2.05) is 17.6 Å². The third kappa shape index (κ3) is 1.06. The fourth-order valence-corrected chi connectivity index (χ4v) is 2.14. The van der Waals surface area contributed by atoms with Crippen molar-refractivity contribution in [2.75, 3.05) is 0 Å². The summed E-state index contributed by atoms with van der Waals surface area (Å²) in [6, 6.07) is 6.10. The minimum absolute atomic E-state index is 1.04. The molecule has 1 aromatic heterocycles. The average Bonchev–Trinajstić information content (AvgIpc) is 2.85. The second-order valence-corrected chi connectivity index (χ2v) is 3.77. The quantitative estimate of drug-likeness (QED) is 0.602. The Balaban J connectivity index is 2.25. The van der Waals surface area contributed by atoms with E-state index in [0.29, 0.717) is 0 Å². The molecule has 3 rings (SSSR count). The van der Waals surface area contributed by atoms with Gasteiger partial charge in [-0.1, -0.05) is 12.1 Å². The van der Waals surface area contributed by atoms with Crippen molar-refractivity contribution in [1.82, 2.24) is 4.98 Å². The molecule has 0 aromatic carbocycles. The number of aromatic nitrogens is 1. The van der Waals surface area contributed by atoms with Crippen LogP contribution in [-0.2, 0) is 0 Å². The zero-order valence-corrected chi connectivity index (χ0v) is 8.12. The van der Waals surface area contributed by atoms with Crippen molar-refractivity contribution in [3.05, 3.63) is 41.6 Å². The predicted octanol–water partition coefficient (Wildman–Crippen LogP) is 3.51. The van der Waals surface area contributed by atoms with Gasteiger partial charge in [0.05, 0.1) is 23.7 Å². The molecule has 2 aliphatic rings. The molecule has 1 aromatic rings. The predicted molar refractivity (Wildman–Crippen MR) is 56.4 cm³/mol. The lowest BCUT2D eigenvalue weighted by Crippen LogP contribution is -1.77. The van der Waals surface area contributed by atoms with Crippen LogP contribution >= 0.6 is 11.3 Å². The Morgan fingerprint density at radius 2 is 2.14 bits per heavy atom. The number of rotatable bonds is 1. The molecule has 0 bridgehead atoms. The molecule has 0 N–H and O–H groups in total. The molecule has 68 valence electrons. The van der Waals surface area contributed by atoms with Crippen molar-refractivity contribution in [3.8, 4) is 22.4 Å². The van der Waals surface area contributed by atoms with Crippen molar-refractivity contribution in [2.24, 2.45) is 0 Å². The second-order valence-electron chi connectivity index (χ2n) is 3.05. The SMILES string of the molecule is c1cc2c(-c3cscn3)ccc-2co1. The Kier molecular flexibility index (Phi) is 1.64. The average molecular weight is 201 g/mol. The largest absolute Gasteiger partial charge is 0.472 e. The number of hydrogen-bond donors (Lipinski definition) is 0. The molecule has 1 aliphatic heterocycles. The molecule has 0 amide bonds. The minimum atomic E-state index is 1.04. The topological polar surface area (TPSA) is 26.0 Å². The summed E-state index contributed by atoms with van der Waals surface area (Å²) in [6.45, 7) is 0. The summed E-state index contributed by atoms with van der Waals surface area (Å²) in [4.78, 5) is 4.30. The van der Waals surface area contributed by atoms with E-state index in [-0.39, 0.29) is 0 Å². The van der Waals surface area contributed by atoms with Crippen LogP contribution in [0.25, 0.3) is 22.4 Å². The molecule has 0 spiro atoms. The molecule has 0 unspecified atom stereocenters.